The molecule has 7 heteroatoms. The van der Waals surface area contributed by atoms with E-state index in [2.05, 4.69) is 5.48 Å². The third kappa shape index (κ3) is 6.21. The molecular formula is C31H35NO6. The number of unbranched alkanes of at least 4 members (excludes halogenated alkanes) is 1. The molecule has 1 unspecified atom stereocenters. The zero-order chi connectivity index (χ0) is 27.1. The number of rotatable bonds is 9. The number of fused-ring (bicyclic) bond motifs is 1. The average molecular weight is 518 g/mol. The smallest absolute Gasteiger partial charge is 0.335 e. The lowest BCUT2D eigenvalue weighted by atomic mass is 9.75. The van der Waals surface area contributed by atoms with Crippen LogP contribution in [0.4, 0.5) is 0 Å². The van der Waals surface area contributed by atoms with Crippen molar-refractivity contribution in [2.24, 2.45) is 5.92 Å². The summed E-state index contributed by atoms with van der Waals surface area (Å²) in [5.74, 6) is -0.707. The number of methoxy groups -OCH3 is 1. The first-order valence-corrected chi connectivity index (χ1v) is 13.4. The van der Waals surface area contributed by atoms with Crippen LogP contribution in [-0.4, -0.2) is 30.6 Å². The van der Waals surface area contributed by atoms with E-state index in [0.717, 1.165) is 37.7 Å². The van der Waals surface area contributed by atoms with E-state index in [4.69, 9.17) is 9.57 Å². The highest BCUT2D eigenvalue weighted by Gasteiger charge is 2.34. The predicted molar refractivity (Wildman–Crippen MR) is 143 cm³/mol. The Morgan fingerprint density at radius 3 is 2.24 bits per heavy atom. The quantitative estimate of drug-likeness (QED) is 0.329. The van der Waals surface area contributed by atoms with Crippen LogP contribution in [-0.2, 0) is 14.4 Å². The van der Waals surface area contributed by atoms with Crippen LogP contribution in [0.15, 0.2) is 59.7 Å². The summed E-state index contributed by atoms with van der Waals surface area (Å²) in [5.41, 5.74) is 5.03. The van der Waals surface area contributed by atoms with Crippen molar-refractivity contribution in [3.8, 4) is 5.75 Å². The second-order valence-corrected chi connectivity index (χ2v) is 10.1. The van der Waals surface area contributed by atoms with E-state index in [0.29, 0.717) is 47.3 Å². The van der Waals surface area contributed by atoms with Gasteiger partial charge in [-0.15, -0.1) is 0 Å². The van der Waals surface area contributed by atoms with Gasteiger partial charge in [-0.2, -0.15) is 5.48 Å². The van der Waals surface area contributed by atoms with Gasteiger partial charge in [-0.25, -0.2) is 4.79 Å². The topological polar surface area (TPSA) is 98.8 Å². The number of allylic oxidation sites excluding steroid dienone is 2. The molecule has 1 atom stereocenters. The molecule has 0 saturated heterocycles. The van der Waals surface area contributed by atoms with Gasteiger partial charge >= 0.3 is 5.97 Å². The molecule has 7 nitrogen and oxygen atoms in total. The van der Waals surface area contributed by atoms with Crippen molar-refractivity contribution in [3.05, 3.63) is 76.4 Å². The van der Waals surface area contributed by atoms with Gasteiger partial charge in [0.25, 0.3) is 5.91 Å². The summed E-state index contributed by atoms with van der Waals surface area (Å²) >= 11 is 0. The van der Waals surface area contributed by atoms with Gasteiger partial charge in [0.1, 0.15) is 5.75 Å². The maximum absolute atomic E-state index is 13.6. The Labute approximate surface area is 223 Å². The molecule has 2 aromatic rings. The molecule has 1 N–H and O–H groups in total. The molecule has 0 heterocycles. The number of amides is 1. The summed E-state index contributed by atoms with van der Waals surface area (Å²) in [7, 11) is 1.59. The van der Waals surface area contributed by atoms with E-state index in [1.165, 1.54) is 0 Å². The number of hydrogen-bond acceptors (Lipinski definition) is 6. The first-order chi connectivity index (χ1) is 18.4. The Hall–Kier alpha value is -3.74. The van der Waals surface area contributed by atoms with Gasteiger partial charge in [-0.1, -0.05) is 62.1 Å². The fraction of sp³-hybridized carbons (Fsp3) is 0.419. The summed E-state index contributed by atoms with van der Waals surface area (Å²) in [6.07, 6.45) is 6.74. The van der Waals surface area contributed by atoms with Crippen molar-refractivity contribution in [1.29, 1.82) is 0 Å². The van der Waals surface area contributed by atoms with Crippen molar-refractivity contribution in [2.45, 2.75) is 70.6 Å². The number of ether oxygens (including phenoxy) is 1. The maximum atomic E-state index is 13.6. The molecule has 1 saturated carbocycles. The van der Waals surface area contributed by atoms with Gasteiger partial charge < -0.3 is 9.57 Å². The molecule has 0 aromatic heterocycles. The Balaban J connectivity index is 1.42. The molecule has 200 valence electrons. The second kappa shape index (κ2) is 12.7. The Morgan fingerprint density at radius 2 is 1.58 bits per heavy atom. The first-order valence-electron chi connectivity index (χ1n) is 13.4. The van der Waals surface area contributed by atoms with Gasteiger partial charge in [0, 0.05) is 34.6 Å². The summed E-state index contributed by atoms with van der Waals surface area (Å²) in [5, 5.41) is 0. The highest BCUT2D eigenvalue weighted by atomic mass is 16.7. The molecule has 0 spiro atoms. The molecule has 2 aromatic carbocycles. The minimum atomic E-state index is -0.360. The van der Waals surface area contributed by atoms with Crippen LogP contribution in [0.2, 0.25) is 0 Å². The SMILES string of the molecule is COc1ccc(C(CCCCC(=O)NOC(=O)C2CCCCC2)C2=C(C)C(=O)c3ccccc3C2=O)cc1. The fourth-order valence-corrected chi connectivity index (χ4v) is 5.47. The Kier molecular flexibility index (Phi) is 9.10. The van der Waals surface area contributed by atoms with Crippen LogP contribution in [0.5, 0.6) is 5.75 Å². The van der Waals surface area contributed by atoms with Crippen molar-refractivity contribution in [1.82, 2.24) is 5.48 Å². The van der Waals surface area contributed by atoms with Gasteiger partial charge in [-0.3, -0.25) is 14.4 Å². The summed E-state index contributed by atoms with van der Waals surface area (Å²) in [4.78, 5) is 56.2. The lowest BCUT2D eigenvalue weighted by Crippen LogP contribution is -2.31. The largest absolute Gasteiger partial charge is 0.497 e. The number of carbonyl (C=O) groups excluding carboxylic acids is 4. The zero-order valence-electron chi connectivity index (χ0n) is 22.1. The number of benzene rings is 2. The van der Waals surface area contributed by atoms with E-state index in [9.17, 15) is 19.2 Å². The number of hydroxylamine groups is 1. The summed E-state index contributed by atoms with van der Waals surface area (Å²) in [6.45, 7) is 1.72. The fourth-order valence-electron chi connectivity index (χ4n) is 5.47. The molecule has 1 fully saturated rings. The van der Waals surface area contributed by atoms with E-state index in [1.54, 1.807) is 38.3 Å². The second-order valence-electron chi connectivity index (χ2n) is 10.1. The highest BCUT2D eigenvalue weighted by Crippen LogP contribution is 2.39. The molecule has 0 radical (unpaired) electrons. The minimum Gasteiger partial charge on any atom is -0.497 e. The van der Waals surface area contributed by atoms with E-state index in [1.807, 2.05) is 24.3 Å². The maximum Gasteiger partial charge on any atom is 0.335 e. The number of Topliss-reactive ketones (excluding diaryl/α,β-unsaturated/α-hetero) is 2. The van der Waals surface area contributed by atoms with Crippen LogP contribution >= 0.6 is 0 Å². The van der Waals surface area contributed by atoms with Gasteiger partial charge in [-0.05, 0) is 50.3 Å². The molecule has 0 aliphatic heterocycles. The predicted octanol–water partition coefficient (Wildman–Crippen LogP) is 5.89. The summed E-state index contributed by atoms with van der Waals surface area (Å²) in [6, 6.07) is 14.4. The van der Waals surface area contributed by atoms with Crippen LogP contribution in [0.1, 0.15) is 96.9 Å². The number of ketones is 2. The van der Waals surface area contributed by atoms with Crippen LogP contribution in [0.25, 0.3) is 0 Å². The van der Waals surface area contributed by atoms with Crippen molar-refractivity contribution in [2.75, 3.05) is 7.11 Å². The monoisotopic (exact) mass is 517 g/mol. The third-order valence-corrected chi connectivity index (χ3v) is 7.62. The highest BCUT2D eigenvalue weighted by molar-refractivity contribution is 6.27. The van der Waals surface area contributed by atoms with Crippen molar-refractivity contribution < 1.29 is 28.8 Å². The van der Waals surface area contributed by atoms with Crippen molar-refractivity contribution in [3.63, 3.8) is 0 Å². The van der Waals surface area contributed by atoms with Gasteiger partial charge in [0.2, 0.25) is 0 Å². The summed E-state index contributed by atoms with van der Waals surface area (Å²) < 4.78 is 5.29. The van der Waals surface area contributed by atoms with E-state index in [-0.39, 0.29) is 41.7 Å². The standard InChI is InChI=1S/C31H35NO6/c1-20-28(30(35)26-14-7-6-13-25(26)29(20)34)24(21-16-18-23(37-2)19-17-21)12-8-9-15-27(33)32-38-31(36)22-10-4-3-5-11-22/h6-7,13-14,16-19,22,24H,3-5,8-12,15H2,1-2H3,(H,32,33). The number of nitrogens with one attached hydrogen (secondary N) is 1. The molecule has 0 bridgehead atoms. The van der Waals surface area contributed by atoms with Gasteiger partial charge in [0.05, 0.1) is 13.0 Å². The van der Waals surface area contributed by atoms with Crippen LogP contribution < -0.4 is 10.2 Å². The molecule has 4 rings (SSSR count). The first kappa shape index (κ1) is 27.3. The molecule has 2 aliphatic rings. The Bertz CT molecular complexity index is 1220. The number of carbonyl (C=O) groups is 4. The van der Waals surface area contributed by atoms with Crippen LogP contribution in [0, 0.1) is 5.92 Å². The molecular weight excluding hydrogens is 482 g/mol. The molecule has 38 heavy (non-hydrogen) atoms. The molecule has 2 aliphatic carbocycles. The van der Waals surface area contributed by atoms with Crippen LogP contribution in [0.3, 0.4) is 0 Å². The van der Waals surface area contributed by atoms with Gasteiger partial charge in [0.15, 0.2) is 11.6 Å². The zero-order valence-corrected chi connectivity index (χ0v) is 22.1. The lowest BCUT2D eigenvalue weighted by Gasteiger charge is -2.26. The number of hydrogen-bond donors (Lipinski definition) is 1. The lowest BCUT2D eigenvalue weighted by molar-refractivity contribution is -0.163. The van der Waals surface area contributed by atoms with Crippen molar-refractivity contribution >= 4 is 23.4 Å². The van der Waals surface area contributed by atoms with E-state index < -0.39 is 0 Å². The normalized spacial score (nSPS) is 16.6. The molecule has 1 amide bonds. The Morgan fingerprint density at radius 1 is 0.921 bits per heavy atom. The minimum absolute atomic E-state index is 0.132. The average Bonchev–Trinajstić information content (AvgIpc) is 2.96. The third-order valence-electron chi connectivity index (χ3n) is 7.62. The van der Waals surface area contributed by atoms with E-state index >= 15 is 0 Å².